The van der Waals surface area contributed by atoms with E-state index in [0.29, 0.717) is 17.3 Å². The zero-order valence-corrected chi connectivity index (χ0v) is 15.9. The Kier molecular flexibility index (Phi) is 6.26. The van der Waals surface area contributed by atoms with E-state index in [1.807, 2.05) is 24.3 Å². The Morgan fingerprint density at radius 2 is 1.88 bits per heavy atom. The first-order valence-corrected chi connectivity index (χ1v) is 9.57. The summed E-state index contributed by atoms with van der Waals surface area (Å²) < 4.78 is 5.53. The number of amides is 1. The molecule has 0 radical (unpaired) electrons. The highest BCUT2D eigenvalue weighted by molar-refractivity contribution is 7.15. The summed E-state index contributed by atoms with van der Waals surface area (Å²) in [5, 5.41) is 4.15. The van der Waals surface area contributed by atoms with Crippen molar-refractivity contribution in [3.63, 3.8) is 0 Å². The van der Waals surface area contributed by atoms with Crippen LogP contribution < -0.4 is 10.1 Å². The van der Waals surface area contributed by atoms with E-state index in [1.165, 1.54) is 11.3 Å². The average molecular weight is 387 g/mol. The normalized spacial score (nSPS) is 10.5. The molecule has 6 heteroatoms. The van der Waals surface area contributed by atoms with Crippen molar-refractivity contribution in [1.82, 2.24) is 4.98 Å². The second-order valence-corrected chi connectivity index (χ2v) is 7.31. The molecule has 0 atom stereocenters. The van der Waals surface area contributed by atoms with Gasteiger partial charge in [0.1, 0.15) is 5.75 Å². The Labute approximate surface area is 161 Å². The topological polar surface area (TPSA) is 51.2 Å². The van der Waals surface area contributed by atoms with E-state index in [0.717, 1.165) is 34.1 Å². The number of aromatic nitrogens is 1. The van der Waals surface area contributed by atoms with E-state index in [-0.39, 0.29) is 5.91 Å². The molecule has 2 aromatic carbocycles. The lowest BCUT2D eigenvalue weighted by molar-refractivity contribution is 0.102. The summed E-state index contributed by atoms with van der Waals surface area (Å²) in [6, 6.07) is 14.8. The Bertz CT molecular complexity index is 860. The van der Waals surface area contributed by atoms with Crippen molar-refractivity contribution in [3.05, 3.63) is 75.8 Å². The second-order valence-electron chi connectivity index (χ2n) is 5.76. The minimum absolute atomic E-state index is 0.181. The molecule has 1 heterocycles. The lowest BCUT2D eigenvalue weighted by Crippen LogP contribution is -2.11. The third kappa shape index (κ3) is 5.07. The fraction of sp³-hybridized carbons (Fsp3) is 0.200. The highest BCUT2D eigenvalue weighted by Crippen LogP contribution is 2.23. The maximum Gasteiger partial charge on any atom is 0.257 e. The van der Waals surface area contributed by atoms with Gasteiger partial charge in [0.15, 0.2) is 5.13 Å². The highest BCUT2D eigenvalue weighted by atomic mass is 35.5. The number of carbonyl (C=O) groups excluding carboxylic acids is 1. The van der Waals surface area contributed by atoms with Gasteiger partial charge in [0.2, 0.25) is 0 Å². The van der Waals surface area contributed by atoms with Crippen LogP contribution in [-0.4, -0.2) is 17.5 Å². The van der Waals surface area contributed by atoms with Crippen LogP contribution in [0.3, 0.4) is 0 Å². The van der Waals surface area contributed by atoms with Crippen LogP contribution in [0.15, 0.2) is 54.7 Å². The lowest BCUT2D eigenvalue weighted by Gasteiger charge is -2.05. The maximum absolute atomic E-state index is 12.3. The van der Waals surface area contributed by atoms with Crippen LogP contribution in [-0.2, 0) is 6.42 Å². The molecule has 4 nitrogen and oxygen atoms in total. The number of thiazole rings is 1. The van der Waals surface area contributed by atoms with Gasteiger partial charge >= 0.3 is 0 Å². The summed E-state index contributed by atoms with van der Waals surface area (Å²) in [6.07, 6.45) is 3.50. The minimum Gasteiger partial charge on any atom is -0.494 e. The van der Waals surface area contributed by atoms with Crippen LogP contribution >= 0.6 is 22.9 Å². The summed E-state index contributed by atoms with van der Waals surface area (Å²) in [4.78, 5) is 17.7. The van der Waals surface area contributed by atoms with Crippen LogP contribution in [0.1, 0.15) is 34.1 Å². The summed E-state index contributed by atoms with van der Waals surface area (Å²) in [6.45, 7) is 2.72. The molecule has 0 bridgehead atoms. The van der Waals surface area contributed by atoms with Crippen LogP contribution in [0.2, 0.25) is 5.02 Å². The molecule has 26 heavy (non-hydrogen) atoms. The smallest absolute Gasteiger partial charge is 0.257 e. The maximum atomic E-state index is 12.3. The van der Waals surface area contributed by atoms with Crippen LogP contribution in [0.4, 0.5) is 5.13 Å². The van der Waals surface area contributed by atoms with Crippen molar-refractivity contribution >= 4 is 34.0 Å². The number of anilines is 1. The number of benzene rings is 2. The number of hydrogen-bond donors (Lipinski definition) is 1. The number of rotatable bonds is 7. The Hall–Kier alpha value is -2.37. The molecular weight excluding hydrogens is 368 g/mol. The largest absolute Gasteiger partial charge is 0.494 e. The number of nitrogens with zero attached hydrogens (tertiary/aromatic N) is 1. The van der Waals surface area contributed by atoms with Crippen LogP contribution in [0.5, 0.6) is 5.75 Å². The zero-order valence-electron chi connectivity index (χ0n) is 14.4. The molecule has 0 aliphatic rings. The predicted molar refractivity (Wildman–Crippen MR) is 107 cm³/mol. The Morgan fingerprint density at radius 1 is 1.15 bits per heavy atom. The first-order chi connectivity index (χ1) is 12.6. The van der Waals surface area contributed by atoms with Gasteiger partial charge in [0, 0.05) is 28.1 Å². The lowest BCUT2D eigenvalue weighted by atomic mass is 10.1. The van der Waals surface area contributed by atoms with Crippen molar-refractivity contribution in [2.24, 2.45) is 0 Å². The molecule has 0 fully saturated rings. The standard InChI is InChI=1S/C20H19ClN2O2S/c1-2-11-25-17-9-5-15(6-10-17)19(24)23-20-22-13-18(26-20)12-14-3-7-16(21)8-4-14/h3-10,13H,2,11-12H2,1H3,(H,22,23,24). The van der Waals surface area contributed by atoms with Crippen molar-refractivity contribution in [1.29, 1.82) is 0 Å². The van der Waals surface area contributed by atoms with Gasteiger partial charge in [-0.3, -0.25) is 10.1 Å². The van der Waals surface area contributed by atoms with Crippen molar-refractivity contribution < 1.29 is 9.53 Å². The van der Waals surface area contributed by atoms with E-state index in [1.54, 1.807) is 30.5 Å². The Morgan fingerprint density at radius 3 is 2.58 bits per heavy atom. The Balaban J connectivity index is 1.59. The molecule has 0 saturated heterocycles. The minimum atomic E-state index is -0.181. The van der Waals surface area contributed by atoms with Gasteiger partial charge in [-0.25, -0.2) is 4.98 Å². The predicted octanol–water partition coefficient (Wildman–Crippen LogP) is 5.43. The number of nitrogens with one attached hydrogen (secondary N) is 1. The van der Waals surface area contributed by atoms with Crippen LogP contribution in [0.25, 0.3) is 0 Å². The fourth-order valence-corrected chi connectivity index (χ4v) is 3.31. The van der Waals surface area contributed by atoms with Gasteiger partial charge in [-0.15, -0.1) is 11.3 Å². The summed E-state index contributed by atoms with van der Waals surface area (Å²) in [5.41, 5.74) is 1.72. The van der Waals surface area contributed by atoms with Gasteiger partial charge in [0.25, 0.3) is 5.91 Å². The zero-order chi connectivity index (χ0) is 18.4. The third-order valence-electron chi connectivity index (χ3n) is 3.65. The summed E-state index contributed by atoms with van der Waals surface area (Å²) >= 11 is 7.37. The van der Waals surface area contributed by atoms with Gasteiger partial charge in [-0.1, -0.05) is 30.7 Å². The quantitative estimate of drug-likeness (QED) is 0.589. The number of hydrogen-bond acceptors (Lipinski definition) is 4. The first kappa shape index (κ1) is 18.4. The summed E-state index contributed by atoms with van der Waals surface area (Å²) in [7, 11) is 0. The summed E-state index contributed by atoms with van der Waals surface area (Å²) in [5.74, 6) is 0.585. The molecule has 3 rings (SSSR count). The molecule has 1 aromatic heterocycles. The van der Waals surface area contributed by atoms with E-state index in [9.17, 15) is 4.79 Å². The van der Waals surface area contributed by atoms with Crippen molar-refractivity contribution in [2.45, 2.75) is 19.8 Å². The number of carbonyl (C=O) groups is 1. The molecule has 0 saturated carbocycles. The van der Waals surface area contributed by atoms with E-state index < -0.39 is 0 Å². The molecule has 0 aliphatic heterocycles. The fourth-order valence-electron chi connectivity index (χ4n) is 2.34. The molecule has 1 N–H and O–H groups in total. The highest BCUT2D eigenvalue weighted by Gasteiger charge is 2.10. The van der Waals surface area contributed by atoms with Gasteiger partial charge < -0.3 is 4.74 Å². The molecule has 0 aliphatic carbocycles. The van der Waals surface area contributed by atoms with Crippen LogP contribution in [0, 0.1) is 0 Å². The molecule has 0 spiro atoms. The molecule has 3 aromatic rings. The van der Waals surface area contributed by atoms with Gasteiger partial charge in [-0.05, 0) is 48.4 Å². The number of ether oxygens (including phenoxy) is 1. The molecule has 134 valence electrons. The van der Waals surface area contributed by atoms with Gasteiger partial charge in [-0.2, -0.15) is 0 Å². The van der Waals surface area contributed by atoms with E-state index >= 15 is 0 Å². The third-order valence-corrected chi connectivity index (χ3v) is 4.82. The van der Waals surface area contributed by atoms with E-state index in [2.05, 4.69) is 17.2 Å². The second kappa shape index (κ2) is 8.83. The molecule has 1 amide bonds. The first-order valence-electron chi connectivity index (χ1n) is 8.37. The molecule has 0 unspecified atom stereocenters. The molecular formula is C20H19ClN2O2S. The number of halogens is 1. The van der Waals surface area contributed by atoms with Gasteiger partial charge in [0.05, 0.1) is 6.61 Å². The monoisotopic (exact) mass is 386 g/mol. The van der Waals surface area contributed by atoms with Crippen molar-refractivity contribution in [3.8, 4) is 5.75 Å². The SMILES string of the molecule is CCCOc1ccc(C(=O)Nc2ncc(Cc3ccc(Cl)cc3)s2)cc1. The van der Waals surface area contributed by atoms with Crippen molar-refractivity contribution in [2.75, 3.05) is 11.9 Å². The van der Waals surface area contributed by atoms with E-state index in [4.69, 9.17) is 16.3 Å². The average Bonchev–Trinajstić information content (AvgIpc) is 3.09.